The lowest BCUT2D eigenvalue weighted by atomic mass is 10.1. The molecule has 27 heavy (non-hydrogen) atoms. The second-order valence-corrected chi connectivity index (χ2v) is 6.30. The monoisotopic (exact) mass is 368 g/mol. The highest BCUT2D eigenvalue weighted by Crippen LogP contribution is 2.31. The molecule has 1 aliphatic rings. The fourth-order valence-electron chi connectivity index (χ4n) is 3.24. The number of oxime groups is 1. The summed E-state index contributed by atoms with van der Waals surface area (Å²) in [6.07, 6.45) is 2.41. The molecule has 6 nitrogen and oxygen atoms in total. The summed E-state index contributed by atoms with van der Waals surface area (Å²) in [6.45, 7) is 4.41. The zero-order valence-electron chi connectivity index (χ0n) is 15.8. The van der Waals surface area contributed by atoms with Gasteiger partial charge in [0.25, 0.3) is 5.91 Å². The van der Waals surface area contributed by atoms with Gasteiger partial charge in [0.05, 0.1) is 19.9 Å². The molecule has 0 aliphatic carbocycles. The van der Waals surface area contributed by atoms with Crippen molar-refractivity contribution in [3.63, 3.8) is 0 Å². The van der Waals surface area contributed by atoms with Crippen molar-refractivity contribution in [2.24, 2.45) is 5.16 Å². The summed E-state index contributed by atoms with van der Waals surface area (Å²) >= 11 is 0. The first-order valence-corrected chi connectivity index (χ1v) is 9.00. The number of hydrogen-bond donors (Lipinski definition) is 0. The van der Waals surface area contributed by atoms with Crippen LogP contribution in [0.3, 0.4) is 0 Å². The topological polar surface area (TPSA) is 60.4 Å². The van der Waals surface area contributed by atoms with E-state index in [1.165, 1.54) is 5.56 Å². The molecule has 0 saturated heterocycles. The van der Waals surface area contributed by atoms with Crippen molar-refractivity contribution in [3.8, 4) is 11.5 Å². The normalized spacial score (nSPS) is 15.7. The van der Waals surface area contributed by atoms with Gasteiger partial charge in [-0.25, -0.2) is 0 Å². The van der Waals surface area contributed by atoms with Crippen molar-refractivity contribution < 1.29 is 19.1 Å². The molecule has 0 N–H and O–H groups in total. The van der Waals surface area contributed by atoms with Gasteiger partial charge in [-0.05, 0) is 50.1 Å². The predicted octanol–water partition coefficient (Wildman–Crippen LogP) is 3.42. The molecule has 2 aromatic rings. The molecule has 0 radical (unpaired) electrons. The highest BCUT2D eigenvalue weighted by molar-refractivity contribution is 5.97. The number of methoxy groups -OCH3 is 1. The molecule has 6 heteroatoms. The summed E-state index contributed by atoms with van der Waals surface area (Å²) in [6, 6.07) is 13.5. The Hall–Kier alpha value is -3.02. The maximum absolute atomic E-state index is 12.5. The second kappa shape index (κ2) is 8.58. The minimum absolute atomic E-state index is 0.103. The lowest BCUT2D eigenvalue weighted by Crippen LogP contribution is -2.37. The zero-order valence-corrected chi connectivity index (χ0v) is 15.8. The summed E-state index contributed by atoms with van der Waals surface area (Å²) < 4.78 is 10.8. The van der Waals surface area contributed by atoms with E-state index in [0.717, 1.165) is 17.7 Å². The summed E-state index contributed by atoms with van der Waals surface area (Å²) in [4.78, 5) is 19.6. The number of fused-ring (bicyclic) bond motifs is 1. The van der Waals surface area contributed by atoms with Gasteiger partial charge in [0.1, 0.15) is 0 Å². The van der Waals surface area contributed by atoms with Crippen LogP contribution in [0.15, 0.2) is 47.6 Å². The van der Waals surface area contributed by atoms with Crippen molar-refractivity contribution in [1.29, 1.82) is 0 Å². The van der Waals surface area contributed by atoms with Crippen LogP contribution in [-0.4, -0.2) is 38.5 Å². The van der Waals surface area contributed by atoms with Crippen LogP contribution in [0, 0.1) is 0 Å². The van der Waals surface area contributed by atoms with Crippen LogP contribution in [0.1, 0.15) is 25.0 Å². The molecule has 1 amide bonds. The largest absolute Gasteiger partial charge is 0.493 e. The number of para-hydroxylation sites is 1. The molecular formula is C21H24N2O4. The second-order valence-electron chi connectivity index (χ2n) is 6.30. The number of carbonyl (C=O) groups excluding carboxylic acids is 1. The molecule has 1 heterocycles. The third-order valence-corrected chi connectivity index (χ3v) is 4.43. The van der Waals surface area contributed by atoms with Crippen molar-refractivity contribution in [3.05, 3.63) is 53.6 Å². The fourth-order valence-corrected chi connectivity index (χ4v) is 3.24. The van der Waals surface area contributed by atoms with Gasteiger partial charge in [-0.2, -0.15) is 0 Å². The first-order chi connectivity index (χ1) is 13.1. The Morgan fingerprint density at radius 3 is 2.85 bits per heavy atom. The molecule has 0 saturated carbocycles. The van der Waals surface area contributed by atoms with Gasteiger partial charge in [0, 0.05) is 17.3 Å². The summed E-state index contributed by atoms with van der Waals surface area (Å²) in [5.74, 6) is 1.20. The van der Waals surface area contributed by atoms with E-state index >= 15 is 0 Å². The van der Waals surface area contributed by atoms with E-state index in [0.29, 0.717) is 18.1 Å². The fraction of sp³-hybridized carbons (Fsp3) is 0.333. The van der Waals surface area contributed by atoms with E-state index in [-0.39, 0.29) is 18.6 Å². The minimum Gasteiger partial charge on any atom is -0.493 e. The third kappa shape index (κ3) is 4.22. The van der Waals surface area contributed by atoms with E-state index in [1.807, 2.05) is 44.2 Å². The molecule has 1 unspecified atom stereocenters. The van der Waals surface area contributed by atoms with Crippen LogP contribution in [0.2, 0.25) is 0 Å². The van der Waals surface area contributed by atoms with Crippen molar-refractivity contribution in [1.82, 2.24) is 0 Å². The van der Waals surface area contributed by atoms with Crippen molar-refractivity contribution in [2.75, 3.05) is 25.2 Å². The number of anilines is 1. The van der Waals surface area contributed by atoms with Crippen LogP contribution in [0.25, 0.3) is 0 Å². The summed E-state index contributed by atoms with van der Waals surface area (Å²) in [5, 5.41) is 3.92. The van der Waals surface area contributed by atoms with E-state index in [9.17, 15) is 4.79 Å². The summed E-state index contributed by atoms with van der Waals surface area (Å²) in [7, 11) is 1.59. The number of rotatable bonds is 7. The molecule has 142 valence electrons. The number of carbonyl (C=O) groups is 1. The average molecular weight is 368 g/mol. The lowest BCUT2D eigenvalue weighted by molar-refractivity contribution is -0.123. The maximum Gasteiger partial charge on any atom is 0.268 e. The number of benzene rings is 2. The number of amides is 1. The summed E-state index contributed by atoms with van der Waals surface area (Å²) in [5.41, 5.74) is 2.94. The van der Waals surface area contributed by atoms with E-state index in [1.54, 1.807) is 24.3 Å². The highest BCUT2D eigenvalue weighted by atomic mass is 16.6. The van der Waals surface area contributed by atoms with Gasteiger partial charge < -0.3 is 19.2 Å². The predicted molar refractivity (Wildman–Crippen MR) is 105 cm³/mol. The Morgan fingerprint density at radius 2 is 2.07 bits per heavy atom. The van der Waals surface area contributed by atoms with E-state index < -0.39 is 0 Å². The van der Waals surface area contributed by atoms with Crippen LogP contribution >= 0.6 is 0 Å². The molecule has 0 bridgehead atoms. The van der Waals surface area contributed by atoms with Gasteiger partial charge in [0.15, 0.2) is 18.1 Å². The number of ether oxygens (including phenoxy) is 2. The van der Waals surface area contributed by atoms with E-state index in [2.05, 4.69) is 11.2 Å². The Kier molecular flexibility index (Phi) is 5.96. The molecule has 1 aliphatic heterocycles. The smallest absolute Gasteiger partial charge is 0.268 e. The van der Waals surface area contributed by atoms with Crippen molar-refractivity contribution >= 4 is 17.8 Å². The molecule has 3 rings (SSSR count). The Morgan fingerprint density at radius 1 is 1.26 bits per heavy atom. The molecule has 0 spiro atoms. The minimum atomic E-state index is -0.108. The Labute approximate surface area is 159 Å². The van der Waals surface area contributed by atoms with Crippen LogP contribution in [0.5, 0.6) is 11.5 Å². The SMILES string of the molecule is CCOc1ccc(/C=N/OCC(=O)N2c3ccccc3CC2C)cc1OC. The lowest BCUT2D eigenvalue weighted by Gasteiger charge is -2.21. The quantitative estimate of drug-likeness (QED) is 0.555. The van der Waals surface area contributed by atoms with Gasteiger partial charge in [-0.1, -0.05) is 23.4 Å². The van der Waals surface area contributed by atoms with Crippen LogP contribution in [0.4, 0.5) is 5.69 Å². The Bertz CT molecular complexity index is 835. The van der Waals surface area contributed by atoms with Gasteiger partial charge in [-0.3, -0.25) is 4.79 Å². The highest BCUT2D eigenvalue weighted by Gasteiger charge is 2.30. The average Bonchev–Trinajstić information content (AvgIpc) is 3.02. The van der Waals surface area contributed by atoms with Crippen molar-refractivity contribution in [2.45, 2.75) is 26.3 Å². The molecule has 0 aromatic heterocycles. The maximum atomic E-state index is 12.5. The van der Waals surface area contributed by atoms with Gasteiger partial charge in [0.2, 0.25) is 0 Å². The van der Waals surface area contributed by atoms with Crippen LogP contribution < -0.4 is 14.4 Å². The molecule has 0 fully saturated rings. The molecular weight excluding hydrogens is 344 g/mol. The number of hydrogen-bond acceptors (Lipinski definition) is 5. The Balaban J connectivity index is 1.59. The van der Waals surface area contributed by atoms with E-state index in [4.69, 9.17) is 14.3 Å². The molecule has 1 atom stereocenters. The number of nitrogens with zero attached hydrogens (tertiary/aromatic N) is 2. The standard InChI is InChI=1S/C21H24N2O4/c1-4-26-19-10-9-16(12-20(19)25-3)13-22-27-14-21(24)23-15(2)11-17-7-5-6-8-18(17)23/h5-10,12-13,15H,4,11,14H2,1-3H3/b22-13+. The first-order valence-electron chi connectivity index (χ1n) is 9.00. The molecule has 2 aromatic carbocycles. The third-order valence-electron chi connectivity index (χ3n) is 4.43. The van der Waals surface area contributed by atoms with Crippen LogP contribution in [-0.2, 0) is 16.1 Å². The van der Waals surface area contributed by atoms with Gasteiger partial charge in [-0.15, -0.1) is 0 Å². The zero-order chi connectivity index (χ0) is 19.2. The van der Waals surface area contributed by atoms with Gasteiger partial charge >= 0.3 is 0 Å². The first kappa shape index (κ1) is 18.8.